The van der Waals surface area contributed by atoms with E-state index < -0.39 is 29.0 Å². The van der Waals surface area contributed by atoms with Crippen molar-refractivity contribution in [2.24, 2.45) is 5.41 Å². The Morgan fingerprint density at radius 2 is 1.83 bits per heavy atom. The lowest BCUT2D eigenvalue weighted by atomic mass is 9.88. The number of alkyl halides is 1. The number of hydrogen-bond acceptors (Lipinski definition) is 4. The third-order valence-corrected chi connectivity index (χ3v) is 4.91. The van der Waals surface area contributed by atoms with Crippen LogP contribution in [0.5, 0.6) is 0 Å². The summed E-state index contributed by atoms with van der Waals surface area (Å²) in [5.74, 6) is -2.91. The predicted molar refractivity (Wildman–Crippen MR) is 90.2 cm³/mol. The molecule has 0 saturated carbocycles. The summed E-state index contributed by atoms with van der Waals surface area (Å²) in [6, 6.07) is 7.07. The van der Waals surface area contributed by atoms with E-state index in [1.807, 2.05) is 13.8 Å². The van der Waals surface area contributed by atoms with Gasteiger partial charge in [-0.25, -0.2) is 0 Å². The zero-order chi connectivity index (χ0) is 17.9. The maximum absolute atomic E-state index is 11.4. The van der Waals surface area contributed by atoms with Crippen molar-refractivity contribution in [2.75, 3.05) is 13.2 Å². The number of aliphatic carboxylic acids is 2. The summed E-state index contributed by atoms with van der Waals surface area (Å²) in [6.45, 7) is 5.07. The van der Waals surface area contributed by atoms with E-state index in [2.05, 4.69) is 15.9 Å². The van der Waals surface area contributed by atoms with Gasteiger partial charge in [-0.2, -0.15) is 0 Å². The minimum atomic E-state index is -1.11. The van der Waals surface area contributed by atoms with Gasteiger partial charge >= 0.3 is 11.9 Å². The molecule has 24 heavy (non-hydrogen) atoms. The van der Waals surface area contributed by atoms with Gasteiger partial charge < -0.3 is 19.7 Å². The number of ether oxygens (including phenoxy) is 2. The van der Waals surface area contributed by atoms with Crippen LogP contribution in [-0.4, -0.2) is 40.2 Å². The third kappa shape index (κ3) is 4.55. The normalized spacial score (nSPS) is 20.3. The van der Waals surface area contributed by atoms with Gasteiger partial charge in [0.15, 0.2) is 6.29 Å². The monoisotopic (exact) mass is 400 g/mol. The minimum absolute atomic E-state index is 0.0923. The minimum Gasteiger partial charge on any atom is -0.481 e. The van der Waals surface area contributed by atoms with Crippen LogP contribution in [0.2, 0.25) is 0 Å². The fourth-order valence-electron chi connectivity index (χ4n) is 2.67. The summed E-state index contributed by atoms with van der Waals surface area (Å²) < 4.78 is 11.6. The maximum atomic E-state index is 11.4. The van der Waals surface area contributed by atoms with E-state index in [4.69, 9.17) is 14.6 Å². The molecule has 2 rings (SSSR count). The molecule has 6 nitrogen and oxygen atoms in total. The van der Waals surface area contributed by atoms with Crippen LogP contribution < -0.4 is 0 Å². The van der Waals surface area contributed by atoms with Gasteiger partial charge in [-0.15, -0.1) is 0 Å². The molecule has 1 aliphatic heterocycles. The molecule has 0 aromatic heterocycles. The number of benzene rings is 1. The van der Waals surface area contributed by atoms with Gasteiger partial charge in [0.05, 0.1) is 19.6 Å². The van der Waals surface area contributed by atoms with E-state index in [0.29, 0.717) is 24.3 Å². The van der Waals surface area contributed by atoms with Crippen LogP contribution in [0.1, 0.15) is 43.6 Å². The molecule has 0 aliphatic carbocycles. The molecule has 0 amide bonds. The molecule has 1 fully saturated rings. The van der Waals surface area contributed by atoms with Crippen molar-refractivity contribution < 1.29 is 29.3 Å². The third-order valence-electron chi connectivity index (χ3n) is 3.88. The van der Waals surface area contributed by atoms with Crippen molar-refractivity contribution in [3.63, 3.8) is 0 Å². The molecule has 1 aromatic carbocycles. The SMILES string of the molecule is CC1(C)COC(c2ccccc2C(CC(=O)O)C(Br)C(=O)O)OC1. The maximum Gasteiger partial charge on any atom is 0.317 e. The van der Waals surface area contributed by atoms with E-state index in [1.165, 1.54) is 0 Å². The molecule has 0 spiro atoms. The predicted octanol–water partition coefficient (Wildman–Crippen LogP) is 3.16. The van der Waals surface area contributed by atoms with Crippen molar-refractivity contribution in [3.8, 4) is 0 Å². The van der Waals surface area contributed by atoms with Crippen molar-refractivity contribution >= 4 is 27.9 Å². The van der Waals surface area contributed by atoms with Crippen LogP contribution in [0.15, 0.2) is 24.3 Å². The number of carbonyl (C=O) groups is 2. The largest absolute Gasteiger partial charge is 0.481 e. The summed E-state index contributed by atoms with van der Waals surface area (Å²) in [6.07, 6.45) is -0.934. The van der Waals surface area contributed by atoms with Crippen molar-refractivity contribution in [1.29, 1.82) is 0 Å². The van der Waals surface area contributed by atoms with E-state index in [-0.39, 0.29) is 11.8 Å². The number of carboxylic acid groups (broad SMARTS) is 2. The molecular formula is C17H21BrO6. The zero-order valence-corrected chi connectivity index (χ0v) is 15.2. The van der Waals surface area contributed by atoms with Crippen LogP contribution in [0.4, 0.5) is 0 Å². The van der Waals surface area contributed by atoms with Crippen LogP contribution >= 0.6 is 15.9 Å². The highest BCUT2D eigenvalue weighted by Crippen LogP contribution is 2.38. The summed E-state index contributed by atoms with van der Waals surface area (Å²) in [5, 5.41) is 18.5. The highest BCUT2D eigenvalue weighted by molar-refractivity contribution is 9.10. The summed E-state index contributed by atoms with van der Waals surface area (Å²) in [4.78, 5) is 21.6. The van der Waals surface area contributed by atoms with Crippen molar-refractivity contribution in [1.82, 2.24) is 0 Å². The van der Waals surface area contributed by atoms with Gasteiger partial charge in [-0.1, -0.05) is 54.0 Å². The molecule has 2 N–H and O–H groups in total. The van der Waals surface area contributed by atoms with Gasteiger partial charge in [0.2, 0.25) is 0 Å². The highest BCUT2D eigenvalue weighted by Gasteiger charge is 2.35. The first-order valence-corrected chi connectivity index (χ1v) is 8.53. The lowest BCUT2D eigenvalue weighted by Gasteiger charge is -2.36. The lowest BCUT2D eigenvalue weighted by molar-refractivity contribution is -0.226. The Kier molecular flexibility index (Phi) is 6.01. The summed E-state index contributed by atoms with van der Waals surface area (Å²) in [5.41, 5.74) is 1.18. The average molecular weight is 401 g/mol. The van der Waals surface area contributed by atoms with Crippen molar-refractivity contribution in [2.45, 2.75) is 37.3 Å². The van der Waals surface area contributed by atoms with Gasteiger partial charge in [-0.3, -0.25) is 9.59 Å². The highest BCUT2D eigenvalue weighted by atomic mass is 79.9. The number of hydrogen-bond donors (Lipinski definition) is 2. The summed E-state index contributed by atoms with van der Waals surface area (Å²) >= 11 is 3.11. The first-order chi connectivity index (χ1) is 11.2. The fourth-order valence-corrected chi connectivity index (χ4v) is 3.14. The first kappa shape index (κ1) is 18.9. The topological polar surface area (TPSA) is 93.1 Å². The Hall–Kier alpha value is -1.44. The van der Waals surface area contributed by atoms with Gasteiger partial charge in [0.25, 0.3) is 0 Å². The number of rotatable bonds is 6. The molecule has 2 atom stereocenters. The number of halogens is 1. The molecule has 1 aromatic rings. The second kappa shape index (κ2) is 7.63. The van der Waals surface area contributed by atoms with Crippen molar-refractivity contribution in [3.05, 3.63) is 35.4 Å². The molecule has 2 unspecified atom stereocenters. The van der Waals surface area contributed by atoms with Gasteiger partial charge in [0.1, 0.15) is 4.83 Å². The first-order valence-electron chi connectivity index (χ1n) is 7.62. The average Bonchev–Trinajstić information content (AvgIpc) is 2.52. The summed E-state index contributed by atoms with van der Waals surface area (Å²) in [7, 11) is 0. The van der Waals surface area contributed by atoms with E-state index in [1.54, 1.807) is 24.3 Å². The lowest BCUT2D eigenvalue weighted by Crippen LogP contribution is -2.34. The molecule has 1 heterocycles. The standard InChI is InChI=1S/C17H21BrO6/c1-17(2)8-23-16(24-9-17)11-6-4-3-5-10(11)12(7-13(19)20)14(18)15(21)22/h3-6,12,14,16H,7-9H2,1-2H3,(H,19,20)(H,21,22). The van der Waals surface area contributed by atoms with Crippen LogP contribution in [0.3, 0.4) is 0 Å². The molecule has 132 valence electrons. The van der Waals surface area contributed by atoms with Crippen LogP contribution in [-0.2, 0) is 19.1 Å². The molecule has 1 aliphatic rings. The number of carboxylic acids is 2. The second-order valence-electron chi connectivity index (χ2n) is 6.69. The Balaban J connectivity index is 2.34. The van der Waals surface area contributed by atoms with E-state index in [9.17, 15) is 14.7 Å². The second-order valence-corrected chi connectivity index (χ2v) is 7.68. The zero-order valence-electron chi connectivity index (χ0n) is 13.6. The Labute approximate surface area is 148 Å². The Morgan fingerprint density at radius 1 is 1.25 bits per heavy atom. The quantitative estimate of drug-likeness (QED) is 0.712. The smallest absolute Gasteiger partial charge is 0.317 e. The van der Waals surface area contributed by atoms with E-state index >= 15 is 0 Å². The van der Waals surface area contributed by atoms with E-state index in [0.717, 1.165) is 0 Å². The van der Waals surface area contributed by atoms with Gasteiger partial charge in [0, 0.05) is 16.9 Å². The van der Waals surface area contributed by atoms with Crippen LogP contribution in [0.25, 0.3) is 0 Å². The molecule has 0 radical (unpaired) electrons. The molecular weight excluding hydrogens is 380 g/mol. The fraction of sp³-hybridized carbons (Fsp3) is 0.529. The van der Waals surface area contributed by atoms with Crippen LogP contribution in [0, 0.1) is 5.41 Å². The molecule has 0 bridgehead atoms. The molecule has 1 saturated heterocycles. The Morgan fingerprint density at radius 3 is 2.38 bits per heavy atom. The molecule has 7 heteroatoms. The van der Waals surface area contributed by atoms with Gasteiger partial charge in [-0.05, 0) is 5.56 Å². The Bertz CT molecular complexity index is 605.